The van der Waals surface area contributed by atoms with Gasteiger partial charge in [-0.05, 0) is 63.8 Å². The maximum atomic E-state index is 12.5. The number of aliphatic carboxylic acids is 1. The monoisotopic (exact) mass is 632 g/mol. The van der Waals surface area contributed by atoms with E-state index in [2.05, 4.69) is 18.1 Å². The van der Waals surface area contributed by atoms with E-state index in [9.17, 15) is 19.8 Å². The number of carboxylic acid groups (broad SMARTS) is 1. The largest absolute Gasteiger partial charge is 2.00 e. The van der Waals surface area contributed by atoms with E-state index in [1.54, 1.807) is 31.2 Å². The zero-order valence-electron chi connectivity index (χ0n) is 25.0. The zero-order chi connectivity index (χ0) is 30.8. The molecule has 3 aliphatic rings. The van der Waals surface area contributed by atoms with Gasteiger partial charge in [0.2, 0.25) is 0 Å². The molecule has 3 aliphatic heterocycles. The van der Waals surface area contributed by atoms with E-state index in [0.29, 0.717) is 39.2 Å². The van der Waals surface area contributed by atoms with Gasteiger partial charge in [0.1, 0.15) is 5.60 Å². The average Bonchev–Trinajstić information content (AvgIpc) is 3.69. The number of esters is 1. The first-order valence-electron chi connectivity index (χ1n) is 14.2. The summed E-state index contributed by atoms with van der Waals surface area (Å²) >= 11 is 0. The Hall–Kier alpha value is -4.24. The number of aryl methyl sites for hydroxylation is 3. The minimum absolute atomic E-state index is 0. The van der Waals surface area contributed by atoms with Crippen LogP contribution in [0.2, 0.25) is 0 Å². The van der Waals surface area contributed by atoms with Crippen LogP contribution in [0.25, 0.3) is 39.3 Å². The molecule has 0 aromatic carbocycles. The van der Waals surface area contributed by atoms with Gasteiger partial charge in [-0.15, -0.1) is 11.0 Å². The van der Waals surface area contributed by atoms with Crippen LogP contribution < -0.4 is 10.1 Å². The van der Waals surface area contributed by atoms with Crippen molar-refractivity contribution in [3.05, 3.63) is 88.5 Å². The van der Waals surface area contributed by atoms with Crippen molar-refractivity contribution in [3.63, 3.8) is 0 Å². The molecule has 6 rings (SSSR count). The van der Waals surface area contributed by atoms with Gasteiger partial charge in [-0.2, -0.15) is 0 Å². The second-order valence-corrected chi connectivity index (χ2v) is 11.5. The number of nitrogens with zero attached hydrogens (tertiary/aromatic N) is 3. The normalized spacial score (nSPS) is 20.9. The van der Waals surface area contributed by atoms with Gasteiger partial charge in [0.25, 0.3) is 0 Å². The fourth-order valence-electron chi connectivity index (χ4n) is 6.45. The third-order valence-electron chi connectivity index (χ3n) is 9.06. The van der Waals surface area contributed by atoms with Gasteiger partial charge in [-0.25, -0.2) is 4.98 Å². The molecule has 1 spiro atoms. The molecule has 3 aromatic heterocycles. The summed E-state index contributed by atoms with van der Waals surface area (Å²) in [6.07, 6.45) is 3.84. The fraction of sp³-hybridized carbons (Fsp3) is 0.294. The van der Waals surface area contributed by atoms with E-state index in [1.807, 2.05) is 32.9 Å². The molecule has 0 unspecified atom stereocenters. The third-order valence-corrected chi connectivity index (χ3v) is 9.06. The number of hydrogen-bond acceptors (Lipinski definition) is 7. The molecular weight excluding hydrogens is 600 g/mol. The summed E-state index contributed by atoms with van der Waals surface area (Å²) in [4.78, 5) is 42.1. The van der Waals surface area contributed by atoms with E-state index >= 15 is 0 Å². The number of aliphatic hydroxyl groups is 1. The molecule has 10 heteroatoms. The minimum atomic E-state index is -1.67. The number of carboxylic acids is 1. The first-order chi connectivity index (χ1) is 20.4. The van der Waals surface area contributed by atoms with Gasteiger partial charge in [0.05, 0.1) is 22.8 Å². The minimum Gasteiger partial charge on any atom is -0.657 e. The number of H-pyrrole nitrogens is 1. The van der Waals surface area contributed by atoms with Gasteiger partial charge < -0.3 is 29.7 Å². The van der Waals surface area contributed by atoms with Crippen molar-refractivity contribution in [2.24, 2.45) is 0 Å². The number of aromatic nitrogens is 4. The van der Waals surface area contributed by atoms with E-state index in [-0.39, 0.29) is 42.8 Å². The van der Waals surface area contributed by atoms with Crippen LogP contribution in [0.1, 0.15) is 78.1 Å². The standard InChI is InChI=1S/C34H34N4O5.Fe/c1-7-20-17(3)23-13-24-19(5)22(9-10-31(39)40)28(37-24)16-30-34(12-11-32(41)43-34)33(6,42)29(38-30)15-27-21(8-2)18(4)25(36-27)14-26(20)35-23;/h7-8,13-16,42H,1-2,9-12H2,3-6H3,(H3,35,36,37,38,39,40);/q;+2/p-2/t33-,34-;/m0./s1. The molecule has 0 saturated carbocycles. The molecule has 9 nitrogen and oxygen atoms in total. The van der Waals surface area contributed by atoms with Crippen LogP contribution in [0.15, 0.2) is 43.5 Å². The van der Waals surface area contributed by atoms with E-state index < -0.39 is 23.1 Å². The van der Waals surface area contributed by atoms with E-state index in [4.69, 9.17) is 19.7 Å². The summed E-state index contributed by atoms with van der Waals surface area (Å²) in [5, 5.41) is 23.5. The Morgan fingerprint density at radius 3 is 2.45 bits per heavy atom. The number of ether oxygens (including phenoxy) is 1. The number of carbonyl (C=O) groups is 2. The van der Waals surface area contributed by atoms with Crippen LogP contribution in [-0.2, 0) is 49.0 Å². The van der Waals surface area contributed by atoms with Crippen molar-refractivity contribution in [2.45, 2.75) is 64.6 Å². The molecule has 3 aromatic rings. The van der Waals surface area contributed by atoms with Crippen LogP contribution in [0.3, 0.4) is 0 Å². The maximum absolute atomic E-state index is 12.5. The first-order valence-corrected chi connectivity index (χ1v) is 14.2. The maximum Gasteiger partial charge on any atom is 2.00 e. The van der Waals surface area contributed by atoms with Crippen LogP contribution in [0.4, 0.5) is 0 Å². The Morgan fingerprint density at radius 2 is 1.82 bits per heavy atom. The van der Waals surface area contributed by atoms with Crippen LogP contribution in [0, 0.1) is 13.8 Å². The van der Waals surface area contributed by atoms with Crippen molar-refractivity contribution < 1.29 is 41.6 Å². The second-order valence-electron chi connectivity index (χ2n) is 11.5. The number of hydrogen-bond donors (Lipinski definition) is 2. The molecular formula is C34H32FeN4O5. The SMILES string of the molecule is C=CC1=C(C)c2cc3[n-]c(cc4nc(cc5[nH]c(cc1n2)c(C)c5C=C)[C@](C)(O)[C@]41CCC(=O)O1)c(CCC(=O)[O-])c3C.[Fe+2]. The molecule has 0 amide bonds. The average molecular weight is 632 g/mol. The molecule has 44 heavy (non-hydrogen) atoms. The summed E-state index contributed by atoms with van der Waals surface area (Å²) in [5.74, 6) is -1.61. The van der Waals surface area contributed by atoms with Crippen LogP contribution in [-0.4, -0.2) is 32.0 Å². The number of rotatable bonds is 5. The van der Waals surface area contributed by atoms with Gasteiger partial charge in [0.15, 0.2) is 5.60 Å². The quantitative estimate of drug-likeness (QED) is 0.311. The van der Waals surface area contributed by atoms with Crippen molar-refractivity contribution in [1.29, 1.82) is 0 Å². The molecule has 0 radical (unpaired) electrons. The third kappa shape index (κ3) is 4.65. The number of nitrogens with one attached hydrogen (secondary N) is 1. The van der Waals surface area contributed by atoms with Crippen molar-refractivity contribution in [1.82, 2.24) is 19.9 Å². The molecule has 6 heterocycles. The Balaban J connectivity index is 0.00000384. The fourth-order valence-corrected chi connectivity index (χ4v) is 6.45. The molecule has 1 fully saturated rings. The van der Waals surface area contributed by atoms with Gasteiger partial charge in [0, 0.05) is 41.0 Å². The summed E-state index contributed by atoms with van der Waals surface area (Å²) in [5.41, 5.74) is 6.68. The Morgan fingerprint density at radius 1 is 1.07 bits per heavy atom. The molecule has 8 bridgehead atoms. The summed E-state index contributed by atoms with van der Waals surface area (Å²) in [6.45, 7) is 15.5. The molecule has 226 valence electrons. The number of allylic oxidation sites excluding steroid dienone is 3. The summed E-state index contributed by atoms with van der Waals surface area (Å²) in [7, 11) is 0. The first kappa shape index (κ1) is 31.2. The van der Waals surface area contributed by atoms with Crippen molar-refractivity contribution in [3.8, 4) is 0 Å². The van der Waals surface area contributed by atoms with Gasteiger partial charge >= 0.3 is 23.0 Å². The number of aromatic amines is 1. The predicted molar refractivity (Wildman–Crippen MR) is 162 cm³/mol. The Labute approximate surface area is 265 Å². The zero-order valence-corrected chi connectivity index (χ0v) is 26.1. The Bertz CT molecular complexity index is 1970. The number of fused-ring (bicyclic) bond motifs is 9. The van der Waals surface area contributed by atoms with Crippen LogP contribution >= 0.6 is 0 Å². The molecule has 0 aliphatic carbocycles. The Kier molecular flexibility index (Phi) is 7.82. The molecule has 2 atom stereocenters. The number of carbonyl (C=O) groups excluding carboxylic acids is 2. The summed E-state index contributed by atoms with van der Waals surface area (Å²) in [6, 6.07) is 7.29. The van der Waals surface area contributed by atoms with E-state index in [0.717, 1.165) is 39.0 Å². The second kappa shape index (κ2) is 11.0. The van der Waals surface area contributed by atoms with Gasteiger partial charge in [-0.1, -0.05) is 48.6 Å². The molecule has 1 saturated heterocycles. The van der Waals surface area contributed by atoms with Gasteiger partial charge in [-0.3, -0.25) is 9.78 Å². The smallest absolute Gasteiger partial charge is 0.657 e. The van der Waals surface area contributed by atoms with Crippen molar-refractivity contribution in [2.75, 3.05) is 0 Å². The van der Waals surface area contributed by atoms with Crippen molar-refractivity contribution >= 4 is 51.2 Å². The summed E-state index contributed by atoms with van der Waals surface area (Å²) < 4.78 is 5.89. The topological polar surface area (TPSA) is 142 Å². The predicted octanol–water partition coefficient (Wildman–Crippen LogP) is 4.44. The molecule has 2 N–H and O–H groups in total. The van der Waals surface area contributed by atoms with Crippen LogP contribution in [0.5, 0.6) is 0 Å². The van der Waals surface area contributed by atoms with E-state index in [1.165, 1.54) is 0 Å².